The summed E-state index contributed by atoms with van der Waals surface area (Å²) in [5, 5.41) is 5.31. The molecule has 6 heteroatoms. The zero-order valence-corrected chi connectivity index (χ0v) is 14.8. The summed E-state index contributed by atoms with van der Waals surface area (Å²) in [5.41, 5.74) is 2.29. The number of rotatable bonds is 2. The normalized spacial score (nSPS) is 21.0. The van der Waals surface area contributed by atoms with E-state index < -0.39 is 0 Å². The molecule has 1 aliphatic heterocycles. The summed E-state index contributed by atoms with van der Waals surface area (Å²) in [6.07, 6.45) is 5.25. The second-order valence-electron chi connectivity index (χ2n) is 6.96. The monoisotopic (exact) mass is 338 g/mol. The second-order valence-corrected chi connectivity index (χ2v) is 6.96. The van der Waals surface area contributed by atoms with Gasteiger partial charge in [0.2, 0.25) is 0 Å². The zero-order chi connectivity index (χ0) is 17.6. The minimum atomic E-state index is -0.0167. The largest absolute Gasteiger partial charge is 0.467 e. The third kappa shape index (κ3) is 2.71. The first-order valence-corrected chi connectivity index (χ1v) is 8.68. The molecule has 4 rings (SSSR count). The lowest BCUT2D eigenvalue weighted by Crippen LogP contribution is -2.40. The molecule has 0 spiro atoms. The lowest BCUT2D eigenvalue weighted by molar-refractivity contribution is 0.0520. The van der Waals surface area contributed by atoms with Gasteiger partial charge in [-0.3, -0.25) is 9.48 Å². The number of amides is 1. The lowest BCUT2D eigenvalue weighted by Gasteiger charge is -2.37. The van der Waals surface area contributed by atoms with E-state index in [4.69, 9.17) is 4.42 Å². The van der Waals surface area contributed by atoms with E-state index in [9.17, 15) is 4.79 Å². The molecule has 3 aromatic heterocycles. The van der Waals surface area contributed by atoms with Crippen molar-refractivity contribution < 1.29 is 9.21 Å². The van der Waals surface area contributed by atoms with E-state index in [0.29, 0.717) is 11.5 Å². The molecule has 0 N–H and O–H groups in total. The summed E-state index contributed by atoms with van der Waals surface area (Å²) < 4.78 is 7.35. The number of nitrogens with zero attached hydrogens (tertiary/aromatic N) is 4. The van der Waals surface area contributed by atoms with E-state index >= 15 is 0 Å². The van der Waals surface area contributed by atoms with Gasteiger partial charge in [0.1, 0.15) is 5.76 Å². The van der Waals surface area contributed by atoms with Crippen LogP contribution in [0.1, 0.15) is 47.6 Å². The first-order chi connectivity index (χ1) is 12.0. The highest BCUT2D eigenvalue weighted by Gasteiger charge is 2.33. The summed E-state index contributed by atoms with van der Waals surface area (Å²) >= 11 is 0. The van der Waals surface area contributed by atoms with Crippen LogP contribution in [0.4, 0.5) is 0 Å². The van der Waals surface area contributed by atoms with Gasteiger partial charge in [-0.15, -0.1) is 0 Å². The lowest BCUT2D eigenvalue weighted by atomic mass is 9.90. The van der Waals surface area contributed by atoms with Crippen molar-refractivity contribution in [3.8, 4) is 0 Å². The van der Waals surface area contributed by atoms with Crippen molar-refractivity contribution in [3.05, 3.63) is 47.7 Å². The van der Waals surface area contributed by atoms with E-state index in [-0.39, 0.29) is 11.9 Å². The number of aryl methyl sites for hydroxylation is 2. The molecule has 2 atom stereocenters. The molecular formula is C19H22N4O2. The Morgan fingerprint density at radius 1 is 1.40 bits per heavy atom. The average Bonchev–Trinajstić information content (AvgIpc) is 3.23. The highest BCUT2D eigenvalue weighted by molar-refractivity contribution is 5.97. The third-order valence-electron chi connectivity index (χ3n) is 5.11. The number of carbonyl (C=O) groups excluding carboxylic acids is 1. The molecular weight excluding hydrogens is 316 g/mol. The second kappa shape index (κ2) is 6.02. The summed E-state index contributed by atoms with van der Waals surface area (Å²) in [6.45, 7) is 4.90. The van der Waals surface area contributed by atoms with E-state index in [2.05, 4.69) is 17.0 Å². The number of carbonyl (C=O) groups is 1. The molecule has 4 heterocycles. The van der Waals surface area contributed by atoms with Gasteiger partial charge in [0.05, 0.1) is 23.6 Å². The molecule has 3 aromatic rings. The van der Waals surface area contributed by atoms with Crippen LogP contribution < -0.4 is 0 Å². The Balaban J connectivity index is 1.70. The Morgan fingerprint density at radius 3 is 3.00 bits per heavy atom. The van der Waals surface area contributed by atoms with Gasteiger partial charge in [0.25, 0.3) is 5.91 Å². The van der Waals surface area contributed by atoms with Crippen molar-refractivity contribution >= 4 is 16.9 Å². The van der Waals surface area contributed by atoms with Gasteiger partial charge >= 0.3 is 0 Å². The first-order valence-electron chi connectivity index (χ1n) is 8.68. The molecule has 1 saturated heterocycles. The number of hydrogen-bond donors (Lipinski definition) is 0. The summed E-state index contributed by atoms with van der Waals surface area (Å²) in [7, 11) is 1.86. The van der Waals surface area contributed by atoms with Gasteiger partial charge in [-0.2, -0.15) is 5.10 Å². The number of pyridine rings is 1. The molecule has 0 saturated carbocycles. The van der Waals surface area contributed by atoms with E-state index in [1.165, 1.54) is 0 Å². The number of piperidine rings is 1. The topological polar surface area (TPSA) is 64.2 Å². The Kier molecular flexibility index (Phi) is 3.82. The molecule has 0 unspecified atom stereocenters. The molecule has 1 amide bonds. The number of hydrogen-bond acceptors (Lipinski definition) is 4. The Morgan fingerprint density at radius 2 is 2.24 bits per heavy atom. The molecule has 6 nitrogen and oxygen atoms in total. The van der Waals surface area contributed by atoms with Gasteiger partial charge in [-0.1, -0.05) is 6.92 Å². The molecule has 0 bridgehead atoms. The van der Waals surface area contributed by atoms with Crippen LogP contribution in [0.5, 0.6) is 0 Å². The van der Waals surface area contributed by atoms with Crippen LogP contribution in [0.15, 0.2) is 35.1 Å². The Hall–Kier alpha value is -2.63. The Bertz CT molecular complexity index is 913. The Labute approximate surface area is 146 Å². The summed E-state index contributed by atoms with van der Waals surface area (Å²) in [5.74, 6) is 1.43. The molecule has 0 aromatic carbocycles. The van der Waals surface area contributed by atoms with Crippen molar-refractivity contribution in [2.75, 3.05) is 6.54 Å². The highest BCUT2D eigenvalue weighted by atomic mass is 16.3. The maximum atomic E-state index is 13.2. The van der Waals surface area contributed by atoms with Gasteiger partial charge in [0.15, 0.2) is 5.65 Å². The maximum absolute atomic E-state index is 13.2. The molecule has 1 fully saturated rings. The van der Waals surface area contributed by atoms with Gasteiger partial charge in [-0.25, -0.2) is 4.98 Å². The van der Waals surface area contributed by atoms with Crippen LogP contribution in [0, 0.1) is 12.8 Å². The average molecular weight is 338 g/mol. The van der Waals surface area contributed by atoms with Crippen molar-refractivity contribution in [2.24, 2.45) is 13.0 Å². The molecule has 25 heavy (non-hydrogen) atoms. The quantitative estimate of drug-likeness (QED) is 0.717. The van der Waals surface area contributed by atoms with E-state index in [1.54, 1.807) is 17.1 Å². The van der Waals surface area contributed by atoms with Gasteiger partial charge < -0.3 is 9.32 Å². The fraction of sp³-hybridized carbons (Fsp3) is 0.421. The zero-order valence-electron chi connectivity index (χ0n) is 14.8. The number of fused-ring (bicyclic) bond motifs is 1. The number of likely N-dealkylation sites (tertiary alicyclic amines) is 1. The summed E-state index contributed by atoms with van der Waals surface area (Å²) in [6, 6.07) is 5.72. The SMILES string of the molecule is Cc1nn(C)c2ncc(C(=O)N3CC[C@H](C)C[C@@H]3c3ccco3)cc12. The number of aromatic nitrogens is 3. The van der Waals surface area contributed by atoms with Crippen LogP contribution in [-0.2, 0) is 7.05 Å². The standard InChI is InChI=1S/C19H22N4O2/c1-12-6-7-23(16(9-12)17-5-4-8-25-17)19(24)14-10-15-13(2)21-22(3)18(15)20-11-14/h4-5,8,10-12,16H,6-7,9H2,1-3H3/t12-,16+/m0/s1. The van der Waals surface area contributed by atoms with Crippen LogP contribution in [0.25, 0.3) is 11.0 Å². The number of furan rings is 1. The molecule has 0 aliphatic carbocycles. The van der Waals surface area contributed by atoms with E-state index in [1.807, 2.05) is 37.1 Å². The smallest absolute Gasteiger partial charge is 0.256 e. The maximum Gasteiger partial charge on any atom is 0.256 e. The van der Waals surface area contributed by atoms with Gasteiger partial charge in [-0.05, 0) is 43.9 Å². The van der Waals surface area contributed by atoms with Crippen LogP contribution in [0.2, 0.25) is 0 Å². The summed E-state index contributed by atoms with van der Waals surface area (Å²) in [4.78, 5) is 19.6. The van der Waals surface area contributed by atoms with Gasteiger partial charge in [0, 0.05) is 25.2 Å². The van der Waals surface area contributed by atoms with Crippen LogP contribution >= 0.6 is 0 Å². The molecule has 0 radical (unpaired) electrons. The predicted molar refractivity (Wildman–Crippen MR) is 94.1 cm³/mol. The molecule has 130 valence electrons. The van der Waals surface area contributed by atoms with Crippen LogP contribution in [-0.4, -0.2) is 32.1 Å². The minimum Gasteiger partial charge on any atom is -0.467 e. The van der Waals surface area contributed by atoms with Crippen molar-refractivity contribution in [3.63, 3.8) is 0 Å². The van der Waals surface area contributed by atoms with Crippen LogP contribution in [0.3, 0.4) is 0 Å². The minimum absolute atomic E-state index is 0.00551. The fourth-order valence-electron chi connectivity index (χ4n) is 3.73. The third-order valence-corrected chi connectivity index (χ3v) is 5.11. The van der Waals surface area contributed by atoms with E-state index in [0.717, 1.165) is 41.9 Å². The van der Waals surface area contributed by atoms with Crippen molar-refractivity contribution in [2.45, 2.75) is 32.7 Å². The first kappa shape index (κ1) is 15.9. The highest BCUT2D eigenvalue weighted by Crippen LogP contribution is 2.35. The predicted octanol–water partition coefficient (Wildman–Crippen LogP) is 3.48. The van der Waals surface area contributed by atoms with Crippen molar-refractivity contribution in [1.82, 2.24) is 19.7 Å². The fourth-order valence-corrected chi connectivity index (χ4v) is 3.73. The molecule has 1 aliphatic rings. The van der Waals surface area contributed by atoms with Crippen molar-refractivity contribution in [1.29, 1.82) is 0 Å².